The van der Waals surface area contributed by atoms with Crippen LogP contribution in [0, 0.1) is 0 Å². The van der Waals surface area contributed by atoms with E-state index in [1.165, 1.54) is 32.1 Å². The summed E-state index contributed by atoms with van der Waals surface area (Å²) in [6, 6.07) is 0. The molecule has 0 aliphatic rings. The Morgan fingerprint density at radius 1 is 0.867 bits per heavy atom. The van der Waals surface area contributed by atoms with Gasteiger partial charge in [0.25, 0.3) is 0 Å². The van der Waals surface area contributed by atoms with E-state index in [0.717, 1.165) is 30.3 Å². The maximum atomic E-state index is 11.4. The van der Waals surface area contributed by atoms with Gasteiger partial charge in [0, 0.05) is 0 Å². The van der Waals surface area contributed by atoms with Crippen molar-refractivity contribution < 1.29 is 6.15 Å². The van der Waals surface area contributed by atoms with Crippen LogP contribution in [0.2, 0.25) is 4.44 Å². The van der Waals surface area contributed by atoms with Crippen LogP contribution in [0.5, 0.6) is 0 Å². The Labute approximate surface area is 102 Å². The first-order valence-corrected chi connectivity index (χ1v) is 10.8. The van der Waals surface area contributed by atoms with E-state index in [2.05, 4.69) is 13.8 Å². The van der Waals surface area contributed by atoms with Crippen LogP contribution >= 0.6 is 0 Å². The van der Waals surface area contributed by atoms with Crippen molar-refractivity contribution in [3.8, 4) is 0 Å². The molecule has 0 aliphatic carbocycles. The molecule has 0 unspecified atom stereocenters. The molecule has 2 nitrogen and oxygen atoms in total. The summed E-state index contributed by atoms with van der Waals surface area (Å²) >= 11 is -2.56. The minimum atomic E-state index is -2.56. The second-order valence-corrected chi connectivity index (χ2v) is 8.47. The van der Waals surface area contributed by atoms with E-state index in [-0.39, 0.29) is 0 Å². The van der Waals surface area contributed by atoms with Gasteiger partial charge in [-0.2, -0.15) is 0 Å². The van der Waals surface area contributed by atoms with Gasteiger partial charge >= 0.3 is 103 Å². The summed E-state index contributed by atoms with van der Waals surface area (Å²) in [5.41, 5.74) is 0. The Hall–Kier alpha value is 0.559. The molecule has 0 N–H and O–H groups in total. The average molecular weight is 321 g/mol. The zero-order valence-corrected chi connectivity index (χ0v) is 13.2. The second kappa shape index (κ2) is 12.6. The fraction of sp³-hybridized carbons (Fsp3) is 1.00. The molecule has 0 amide bonds. The molecule has 90 valence electrons. The van der Waals surface area contributed by atoms with Crippen molar-refractivity contribution in [2.75, 3.05) is 6.61 Å². The molecule has 0 aromatic rings. The van der Waals surface area contributed by atoms with E-state index in [1.54, 1.807) is 0 Å². The van der Waals surface area contributed by atoms with Crippen molar-refractivity contribution in [1.29, 1.82) is 0 Å². The summed E-state index contributed by atoms with van der Waals surface area (Å²) in [6.45, 7) is 5.10. The Kier molecular flexibility index (Phi) is 13.1. The molecule has 0 heterocycles. The molecular weight excluding hydrogens is 295 g/mol. The van der Waals surface area contributed by atoms with Crippen LogP contribution in [0.3, 0.4) is 0 Å². The van der Waals surface area contributed by atoms with Gasteiger partial charge in [-0.15, -0.1) is 0 Å². The molecule has 0 aliphatic heterocycles. The van der Waals surface area contributed by atoms with E-state index in [4.69, 9.17) is 3.07 Å². The predicted octanol–water partition coefficient (Wildman–Crippen LogP) is 4.08. The van der Waals surface area contributed by atoms with E-state index in [9.17, 15) is 3.08 Å². The Bertz CT molecular complexity index is 149. The fourth-order valence-electron chi connectivity index (χ4n) is 1.46. The summed E-state index contributed by atoms with van der Waals surface area (Å²) in [6.07, 6.45) is 9.85. The van der Waals surface area contributed by atoms with E-state index >= 15 is 0 Å². The van der Waals surface area contributed by atoms with Crippen molar-refractivity contribution in [1.82, 2.24) is 0 Å². The molecule has 0 fully saturated rings. The van der Waals surface area contributed by atoms with Gasteiger partial charge < -0.3 is 0 Å². The third-order valence-electron chi connectivity index (χ3n) is 2.50. The number of hydrogen-bond acceptors (Lipinski definition) is 2. The number of unbranched alkanes of at least 4 members (excludes halogenated alkanes) is 6. The first kappa shape index (κ1) is 15.6. The Morgan fingerprint density at radius 2 is 1.47 bits per heavy atom. The summed E-state index contributed by atoms with van der Waals surface area (Å²) in [4.78, 5) is 0. The van der Waals surface area contributed by atoms with E-state index < -0.39 is 20.2 Å². The van der Waals surface area contributed by atoms with Gasteiger partial charge in [0.15, 0.2) is 0 Å². The fourth-order valence-corrected chi connectivity index (χ4v) is 4.77. The van der Waals surface area contributed by atoms with Crippen LogP contribution in [0.15, 0.2) is 0 Å². The predicted molar refractivity (Wildman–Crippen MR) is 65.5 cm³/mol. The SMILES string of the molecule is CCCCCCCC[O][Sn](=[O])[CH2]CCC. The van der Waals surface area contributed by atoms with Gasteiger partial charge in [-0.25, -0.2) is 0 Å². The third-order valence-corrected chi connectivity index (χ3v) is 6.17. The zero-order chi connectivity index (χ0) is 11.4. The molecule has 0 spiro atoms. The van der Waals surface area contributed by atoms with Gasteiger partial charge in [0.05, 0.1) is 0 Å². The quantitative estimate of drug-likeness (QED) is 0.423. The van der Waals surface area contributed by atoms with Gasteiger partial charge in [-0.05, 0) is 0 Å². The van der Waals surface area contributed by atoms with Crippen molar-refractivity contribution in [3.05, 3.63) is 0 Å². The van der Waals surface area contributed by atoms with E-state index in [0.29, 0.717) is 0 Å². The number of hydrogen-bond donors (Lipinski definition) is 0. The second-order valence-electron chi connectivity index (χ2n) is 4.09. The van der Waals surface area contributed by atoms with Crippen LogP contribution in [-0.4, -0.2) is 26.8 Å². The third kappa shape index (κ3) is 12.5. The van der Waals surface area contributed by atoms with Gasteiger partial charge in [0.1, 0.15) is 0 Å². The monoisotopic (exact) mass is 322 g/mol. The summed E-state index contributed by atoms with van der Waals surface area (Å²) < 4.78 is 17.7. The van der Waals surface area contributed by atoms with Crippen molar-refractivity contribution in [2.45, 2.75) is 69.7 Å². The van der Waals surface area contributed by atoms with Crippen LogP contribution in [-0.2, 0) is 6.15 Å². The van der Waals surface area contributed by atoms with Gasteiger partial charge in [-0.1, -0.05) is 0 Å². The first-order chi connectivity index (χ1) is 7.31. The molecule has 3 heteroatoms. The Balaban J connectivity index is 3.06. The molecule has 0 bridgehead atoms. The Morgan fingerprint density at radius 3 is 2.13 bits per heavy atom. The van der Waals surface area contributed by atoms with Crippen molar-refractivity contribution in [3.63, 3.8) is 0 Å². The van der Waals surface area contributed by atoms with Gasteiger partial charge in [-0.3, -0.25) is 0 Å². The van der Waals surface area contributed by atoms with Crippen molar-refractivity contribution >= 4 is 20.2 Å². The maximum absolute atomic E-state index is 11.4. The van der Waals surface area contributed by atoms with Crippen LogP contribution in [0.1, 0.15) is 65.2 Å². The molecular formula is C12H26O2Sn. The molecule has 0 aromatic heterocycles. The van der Waals surface area contributed by atoms with E-state index in [1.807, 2.05) is 0 Å². The summed E-state index contributed by atoms with van der Waals surface area (Å²) in [5.74, 6) is 0. The van der Waals surface area contributed by atoms with Crippen LogP contribution in [0.25, 0.3) is 0 Å². The summed E-state index contributed by atoms with van der Waals surface area (Å²) in [7, 11) is 0. The summed E-state index contributed by atoms with van der Waals surface area (Å²) in [5, 5.41) is 0. The standard InChI is InChI=1S/C8H17O.C4H9.O.Sn/c1-2-3-4-5-6-7-8-9;1-3-4-2;;/h2-8H2,1H3;1,3-4H2,2H3;;/q-1;;;+1. The molecule has 0 rings (SSSR count). The first-order valence-electron chi connectivity index (χ1n) is 6.46. The average Bonchev–Trinajstić information content (AvgIpc) is 2.25. The minimum absolute atomic E-state index is 0.744. The van der Waals surface area contributed by atoms with Crippen LogP contribution in [0.4, 0.5) is 0 Å². The zero-order valence-electron chi connectivity index (χ0n) is 10.4. The molecule has 0 aromatic carbocycles. The normalized spacial score (nSPS) is 10.5. The number of rotatable bonds is 11. The van der Waals surface area contributed by atoms with Gasteiger partial charge in [0.2, 0.25) is 0 Å². The molecule has 0 atom stereocenters. The molecule has 0 saturated heterocycles. The van der Waals surface area contributed by atoms with Crippen LogP contribution < -0.4 is 0 Å². The van der Waals surface area contributed by atoms with Crippen molar-refractivity contribution in [2.24, 2.45) is 0 Å². The topological polar surface area (TPSA) is 26.3 Å². The molecule has 0 radical (unpaired) electrons. The molecule has 0 saturated carbocycles. The molecule has 15 heavy (non-hydrogen) atoms.